The average molecular weight is 300 g/mol. The van der Waals surface area contributed by atoms with Crippen LogP contribution in [0.15, 0.2) is 24.8 Å². The van der Waals surface area contributed by atoms with E-state index >= 15 is 0 Å². The molecular weight excluding hydrogens is 284 g/mol. The molecule has 0 aliphatic rings. The van der Waals surface area contributed by atoms with E-state index in [2.05, 4.69) is 32.2 Å². The summed E-state index contributed by atoms with van der Waals surface area (Å²) in [5.74, 6) is 0.965. The Hall–Kier alpha value is -2.84. The Labute approximate surface area is 126 Å². The highest BCUT2D eigenvalue weighted by Gasteiger charge is 2.19. The Balaban J connectivity index is 1.77. The molecule has 114 valence electrons. The molecule has 3 heterocycles. The molecular formula is C13H16N8O. The van der Waals surface area contributed by atoms with E-state index in [1.165, 1.54) is 9.42 Å². The Morgan fingerprint density at radius 1 is 1.41 bits per heavy atom. The lowest BCUT2D eigenvalue weighted by atomic mass is 10.4. The Morgan fingerprint density at radius 3 is 3.05 bits per heavy atom. The SMILES string of the molecule is CCCn1cnnc1CN(C)C(=O)c1nc2ncccn2n1. The van der Waals surface area contributed by atoms with Crippen LogP contribution >= 0.6 is 0 Å². The summed E-state index contributed by atoms with van der Waals surface area (Å²) in [6.45, 7) is 3.24. The van der Waals surface area contributed by atoms with Gasteiger partial charge in [-0.2, -0.15) is 4.98 Å². The van der Waals surface area contributed by atoms with Gasteiger partial charge in [-0.25, -0.2) is 9.50 Å². The molecule has 0 N–H and O–H groups in total. The predicted octanol–water partition coefficient (Wildman–Crippen LogP) is 0.398. The van der Waals surface area contributed by atoms with E-state index in [4.69, 9.17) is 0 Å². The zero-order chi connectivity index (χ0) is 15.5. The Bertz CT molecular complexity index is 759. The number of fused-ring (bicyclic) bond motifs is 1. The number of hydrogen-bond donors (Lipinski definition) is 0. The van der Waals surface area contributed by atoms with Gasteiger partial charge in [-0.05, 0) is 12.5 Å². The van der Waals surface area contributed by atoms with Gasteiger partial charge >= 0.3 is 0 Å². The van der Waals surface area contributed by atoms with E-state index in [-0.39, 0.29) is 11.7 Å². The van der Waals surface area contributed by atoms with Gasteiger partial charge in [0.05, 0.1) is 6.54 Å². The van der Waals surface area contributed by atoms with Crippen molar-refractivity contribution >= 4 is 11.7 Å². The Kier molecular flexibility index (Phi) is 3.77. The van der Waals surface area contributed by atoms with Crippen LogP contribution < -0.4 is 0 Å². The number of carbonyl (C=O) groups excluding carboxylic acids is 1. The molecule has 0 saturated carbocycles. The third kappa shape index (κ3) is 2.65. The molecule has 0 atom stereocenters. The first-order valence-corrected chi connectivity index (χ1v) is 6.98. The van der Waals surface area contributed by atoms with Crippen molar-refractivity contribution in [2.75, 3.05) is 7.05 Å². The fourth-order valence-corrected chi connectivity index (χ4v) is 2.11. The fraction of sp³-hybridized carbons (Fsp3) is 0.385. The summed E-state index contributed by atoms with van der Waals surface area (Å²) in [6.07, 6.45) is 5.95. The van der Waals surface area contributed by atoms with Crippen LogP contribution in [0.25, 0.3) is 5.78 Å². The lowest BCUT2D eigenvalue weighted by Gasteiger charge is -2.15. The van der Waals surface area contributed by atoms with Gasteiger partial charge in [-0.1, -0.05) is 6.92 Å². The zero-order valence-corrected chi connectivity index (χ0v) is 12.4. The minimum Gasteiger partial charge on any atom is -0.331 e. The van der Waals surface area contributed by atoms with Crippen LogP contribution in [0.3, 0.4) is 0 Å². The van der Waals surface area contributed by atoms with Gasteiger partial charge in [0, 0.05) is 26.0 Å². The van der Waals surface area contributed by atoms with Crippen LogP contribution in [0.2, 0.25) is 0 Å². The van der Waals surface area contributed by atoms with Gasteiger partial charge in [-0.15, -0.1) is 15.3 Å². The molecule has 0 fully saturated rings. The number of aryl methyl sites for hydroxylation is 1. The summed E-state index contributed by atoms with van der Waals surface area (Å²) < 4.78 is 3.41. The maximum Gasteiger partial charge on any atom is 0.293 e. The quantitative estimate of drug-likeness (QED) is 0.677. The highest BCUT2D eigenvalue weighted by molar-refractivity contribution is 5.90. The van der Waals surface area contributed by atoms with E-state index in [9.17, 15) is 4.79 Å². The predicted molar refractivity (Wildman–Crippen MR) is 76.9 cm³/mol. The van der Waals surface area contributed by atoms with Crippen LogP contribution in [0.1, 0.15) is 29.8 Å². The summed E-state index contributed by atoms with van der Waals surface area (Å²) in [6, 6.07) is 1.73. The van der Waals surface area contributed by atoms with Gasteiger partial charge in [0.1, 0.15) is 6.33 Å². The lowest BCUT2D eigenvalue weighted by molar-refractivity contribution is 0.0768. The molecule has 0 aromatic carbocycles. The van der Waals surface area contributed by atoms with Crippen molar-refractivity contribution in [3.63, 3.8) is 0 Å². The number of rotatable bonds is 5. The molecule has 9 nitrogen and oxygen atoms in total. The Morgan fingerprint density at radius 2 is 2.27 bits per heavy atom. The van der Waals surface area contributed by atoms with Crippen LogP contribution in [0.5, 0.6) is 0 Å². The summed E-state index contributed by atoms with van der Waals surface area (Å²) in [5.41, 5.74) is 0. The highest BCUT2D eigenvalue weighted by atomic mass is 16.2. The van der Waals surface area contributed by atoms with Crippen molar-refractivity contribution < 1.29 is 4.79 Å². The van der Waals surface area contributed by atoms with Crippen molar-refractivity contribution in [3.05, 3.63) is 36.4 Å². The third-order valence-electron chi connectivity index (χ3n) is 3.19. The molecule has 3 aromatic rings. The third-order valence-corrected chi connectivity index (χ3v) is 3.19. The molecule has 3 rings (SSSR count). The largest absolute Gasteiger partial charge is 0.331 e. The maximum absolute atomic E-state index is 12.4. The van der Waals surface area contributed by atoms with Gasteiger partial charge in [0.15, 0.2) is 5.82 Å². The second kappa shape index (κ2) is 5.88. The minimum atomic E-state index is -0.281. The summed E-state index contributed by atoms with van der Waals surface area (Å²) in [7, 11) is 1.69. The molecule has 1 amide bonds. The van der Waals surface area contributed by atoms with Gasteiger partial charge < -0.3 is 9.47 Å². The van der Waals surface area contributed by atoms with E-state index < -0.39 is 0 Å². The first-order chi connectivity index (χ1) is 10.7. The molecule has 0 aliphatic carbocycles. The molecule has 0 saturated heterocycles. The molecule has 0 aliphatic heterocycles. The van der Waals surface area contributed by atoms with Crippen LogP contribution in [0.4, 0.5) is 0 Å². The van der Waals surface area contributed by atoms with Gasteiger partial charge in [0.2, 0.25) is 5.82 Å². The summed E-state index contributed by atoms with van der Waals surface area (Å²) in [4.78, 5) is 22.1. The normalized spacial score (nSPS) is 11.0. The van der Waals surface area contributed by atoms with E-state index in [0.29, 0.717) is 12.3 Å². The van der Waals surface area contributed by atoms with E-state index in [0.717, 1.165) is 18.8 Å². The second-order valence-corrected chi connectivity index (χ2v) is 4.90. The minimum absolute atomic E-state index is 0.114. The molecule has 0 unspecified atom stereocenters. The molecule has 0 radical (unpaired) electrons. The van der Waals surface area contributed by atoms with E-state index in [1.807, 2.05) is 4.57 Å². The van der Waals surface area contributed by atoms with Gasteiger partial charge in [-0.3, -0.25) is 4.79 Å². The zero-order valence-electron chi connectivity index (χ0n) is 12.4. The standard InChI is InChI=1S/C13H16N8O/c1-3-6-20-9-15-17-10(20)8-19(2)12(22)11-16-13-14-5-4-7-21(13)18-11/h4-5,7,9H,3,6,8H2,1-2H3. The molecule has 9 heteroatoms. The lowest BCUT2D eigenvalue weighted by Crippen LogP contribution is -2.28. The molecule has 3 aromatic heterocycles. The monoisotopic (exact) mass is 300 g/mol. The maximum atomic E-state index is 12.4. The van der Waals surface area contributed by atoms with Crippen molar-refractivity contribution in [3.8, 4) is 0 Å². The van der Waals surface area contributed by atoms with Crippen LogP contribution in [0, 0.1) is 0 Å². The van der Waals surface area contributed by atoms with Crippen LogP contribution in [-0.4, -0.2) is 52.2 Å². The van der Waals surface area contributed by atoms with Crippen LogP contribution in [-0.2, 0) is 13.1 Å². The topological polar surface area (TPSA) is 94.1 Å². The molecule has 0 bridgehead atoms. The molecule has 0 spiro atoms. The summed E-state index contributed by atoms with van der Waals surface area (Å²) in [5, 5.41) is 12.1. The second-order valence-electron chi connectivity index (χ2n) is 4.90. The highest BCUT2D eigenvalue weighted by Crippen LogP contribution is 2.05. The van der Waals surface area contributed by atoms with Crippen molar-refractivity contribution in [1.29, 1.82) is 0 Å². The van der Waals surface area contributed by atoms with Crippen molar-refractivity contribution in [2.45, 2.75) is 26.4 Å². The number of amides is 1. The smallest absolute Gasteiger partial charge is 0.293 e. The first kappa shape index (κ1) is 14.1. The first-order valence-electron chi connectivity index (χ1n) is 6.98. The average Bonchev–Trinajstić information content (AvgIpc) is 3.13. The van der Waals surface area contributed by atoms with Crippen molar-refractivity contribution in [1.82, 2.24) is 39.2 Å². The fourth-order valence-electron chi connectivity index (χ4n) is 2.11. The summed E-state index contributed by atoms with van der Waals surface area (Å²) >= 11 is 0. The number of nitrogens with zero attached hydrogens (tertiary/aromatic N) is 8. The number of aromatic nitrogens is 7. The molecule has 22 heavy (non-hydrogen) atoms. The number of carbonyl (C=O) groups is 1. The number of hydrogen-bond acceptors (Lipinski definition) is 6. The van der Waals surface area contributed by atoms with E-state index in [1.54, 1.807) is 31.8 Å². The van der Waals surface area contributed by atoms with Gasteiger partial charge in [0.25, 0.3) is 11.7 Å². The van der Waals surface area contributed by atoms with Crippen molar-refractivity contribution in [2.24, 2.45) is 0 Å².